The van der Waals surface area contributed by atoms with E-state index >= 15 is 0 Å². The number of aryl methyl sites for hydroxylation is 1. The summed E-state index contributed by atoms with van der Waals surface area (Å²) in [6.45, 7) is 2.00. The third-order valence-electron chi connectivity index (χ3n) is 2.78. The van der Waals surface area contributed by atoms with Gasteiger partial charge < -0.3 is 11.1 Å². The van der Waals surface area contributed by atoms with E-state index in [1.807, 2.05) is 6.92 Å². The topological polar surface area (TPSA) is 83.8 Å². The van der Waals surface area contributed by atoms with Crippen molar-refractivity contribution in [3.05, 3.63) is 40.4 Å². The second kappa shape index (κ2) is 5.92. The smallest absolute Gasteiger partial charge is 0.278 e. The molecule has 0 unspecified atom stereocenters. The number of nitrogens with two attached hydrogens (primary N) is 1. The molecule has 0 bridgehead atoms. The molecule has 20 heavy (non-hydrogen) atoms. The molecule has 0 atom stereocenters. The molecular formula is C13H14ClFN4O. The minimum Gasteiger partial charge on any atom is -0.395 e. The van der Waals surface area contributed by atoms with Crippen LogP contribution in [0, 0.1) is 5.82 Å². The van der Waals surface area contributed by atoms with E-state index in [0.29, 0.717) is 17.8 Å². The third-order valence-corrected chi connectivity index (χ3v) is 3.09. The lowest BCUT2D eigenvalue weighted by atomic mass is 10.2. The van der Waals surface area contributed by atoms with Crippen LogP contribution in [0.15, 0.2) is 18.2 Å². The molecule has 106 valence electrons. The maximum Gasteiger partial charge on any atom is 0.278 e. The number of anilines is 2. The summed E-state index contributed by atoms with van der Waals surface area (Å²) in [5, 5.41) is 9.30. The van der Waals surface area contributed by atoms with Crippen molar-refractivity contribution in [3.8, 4) is 0 Å². The molecule has 0 saturated carbocycles. The number of nitrogen functional groups attached to an aromatic ring is 1. The molecule has 0 saturated heterocycles. The van der Waals surface area contributed by atoms with Crippen molar-refractivity contribution in [3.63, 3.8) is 0 Å². The van der Waals surface area contributed by atoms with Crippen LogP contribution in [-0.4, -0.2) is 16.1 Å². The molecule has 5 nitrogen and oxygen atoms in total. The van der Waals surface area contributed by atoms with Crippen LogP contribution in [0.4, 0.5) is 15.8 Å². The summed E-state index contributed by atoms with van der Waals surface area (Å²) in [4.78, 5) is 12.1. The number of carbonyl (C=O) groups is 1. The Labute approximate surface area is 120 Å². The predicted molar refractivity (Wildman–Crippen MR) is 76.4 cm³/mol. The lowest BCUT2D eigenvalue weighted by Crippen LogP contribution is -2.14. The maximum atomic E-state index is 12.9. The van der Waals surface area contributed by atoms with E-state index in [9.17, 15) is 9.18 Å². The molecule has 1 heterocycles. The zero-order valence-electron chi connectivity index (χ0n) is 10.8. The number of rotatable bonds is 4. The molecule has 0 spiro atoms. The van der Waals surface area contributed by atoms with Crippen molar-refractivity contribution in [2.75, 3.05) is 11.1 Å². The SMILES string of the molecule is CCCc1[nH]nc(C(=O)Nc2ccc(F)cc2Cl)c1N. The number of nitrogens with zero attached hydrogens (tertiary/aromatic N) is 1. The Kier molecular flexibility index (Phi) is 4.24. The van der Waals surface area contributed by atoms with Gasteiger partial charge in [0, 0.05) is 0 Å². The van der Waals surface area contributed by atoms with Crippen LogP contribution in [-0.2, 0) is 6.42 Å². The van der Waals surface area contributed by atoms with Crippen LogP contribution in [0.3, 0.4) is 0 Å². The van der Waals surface area contributed by atoms with Gasteiger partial charge in [0.25, 0.3) is 5.91 Å². The third kappa shape index (κ3) is 2.91. The van der Waals surface area contributed by atoms with Crippen LogP contribution in [0.5, 0.6) is 0 Å². The number of hydrogen-bond donors (Lipinski definition) is 3. The van der Waals surface area contributed by atoms with E-state index in [4.69, 9.17) is 17.3 Å². The number of benzene rings is 1. The maximum absolute atomic E-state index is 12.9. The summed E-state index contributed by atoms with van der Waals surface area (Å²) in [6, 6.07) is 3.71. The first-order valence-corrected chi connectivity index (χ1v) is 6.49. The Morgan fingerprint density at radius 2 is 2.30 bits per heavy atom. The summed E-state index contributed by atoms with van der Waals surface area (Å²) >= 11 is 5.84. The Morgan fingerprint density at radius 3 is 2.95 bits per heavy atom. The van der Waals surface area contributed by atoms with Gasteiger partial charge in [0.05, 0.1) is 22.1 Å². The standard InChI is InChI=1S/C13H14ClFN4O/c1-2-3-10-11(16)12(19-18-10)13(20)17-9-5-4-7(15)6-8(9)14/h4-6H,2-3,16H2,1H3,(H,17,20)(H,18,19). The van der Waals surface area contributed by atoms with Gasteiger partial charge in [-0.25, -0.2) is 4.39 Å². The van der Waals surface area contributed by atoms with Crippen molar-refractivity contribution in [1.29, 1.82) is 0 Å². The van der Waals surface area contributed by atoms with Gasteiger partial charge in [-0.3, -0.25) is 9.89 Å². The predicted octanol–water partition coefficient (Wildman–Crippen LogP) is 2.99. The molecule has 2 rings (SSSR count). The van der Waals surface area contributed by atoms with E-state index in [1.54, 1.807) is 0 Å². The van der Waals surface area contributed by atoms with Crippen LogP contribution in [0.2, 0.25) is 5.02 Å². The number of aromatic nitrogens is 2. The van der Waals surface area contributed by atoms with Gasteiger partial charge in [-0.1, -0.05) is 24.9 Å². The highest BCUT2D eigenvalue weighted by Crippen LogP contribution is 2.24. The molecule has 2 aromatic rings. The number of amides is 1. The molecule has 1 amide bonds. The van der Waals surface area contributed by atoms with Crippen LogP contribution < -0.4 is 11.1 Å². The van der Waals surface area contributed by atoms with Gasteiger partial charge >= 0.3 is 0 Å². The van der Waals surface area contributed by atoms with E-state index < -0.39 is 11.7 Å². The molecule has 1 aromatic heterocycles. The molecular weight excluding hydrogens is 283 g/mol. The summed E-state index contributed by atoms with van der Waals surface area (Å²) in [6.07, 6.45) is 1.60. The van der Waals surface area contributed by atoms with Crippen molar-refractivity contribution >= 4 is 28.9 Å². The molecule has 0 aliphatic heterocycles. The first kappa shape index (κ1) is 14.3. The fourth-order valence-corrected chi connectivity index (χ4v) is 1.99. The Balaban J connectivity index is 2.20. The van der Waals surface area contributed by atoms with E-state index in [0.717, 1.165) is 18.2 Å². The van der Waals surface area contributed by atoms with Gasteiger partial charge in [-0.2, -0.15) is 5.10 Å². The highest BCUT2D eigenvalue weighted by Gasteiger charge is 2.17. The highest BCUT2D eigenvalue weighted by atomic mass is 35.5. The molecule has 0 aliphatic rings. The molecule has 7 heteroatoms. The van der Waals surface area contributed by atoms with Crippen molar-refractivity contribution in [2.45, 2.75) is 19.8 Å². The van der Waals surface area contributed by atoms with Gasteiger partial charge in [0.15, 0.2) is 5.69 Å². The second-order valence-electron chi connectivity index (χ2n) is 4.29. The first-order valence-electron chi connectivity index (χ1n) is 6.12. The van der Waals surface area contributed by atoms with Crippen molar-refractivity contribution < 1.29 is 9.18 Å². The Bertz CT molecular complexity index is 641. The van der Waals surface area contributed by atoms with Crippen LogP contribution >= 0.6 is 11.6 Å². The average Bonchev–Trinajstić information content (AvgIpc) is 2.75. The number of hydrogen-bond acceptors (Lipinski definition) is 3. The summed E-state index contributed by atoms with van der Waals surface area (Å²) in [5.74, 6) is -0.966. The zero-order chi connectivity index (χ0) is 14.7. The minimum atomic E-state index is -0.491. The monoisotopic (exact) mass is 296 g/mol. The van der Waals surface area contributed by atoms with Gasteiger partial charge in [-0.05, 0) is 24.6 Å². The number of aromatic amines is 1. The first-order chi connectivity index (χ1) is 9.52. The Morgan fingerprint density at radius 1 is 1.55 bits per heavy atom. The fraction of sp³-hybridized carbons (Fsp3) is 0.231. The largest absolute Gasteiger partial charge is 0.395 e. The quantitative estimate of drug-likeness (QED) is 0.811. The number of H-pyrrole nitrogens is 1. The van der Waals surface area contributed by atoms with E-state index in [-0.39, 0.29) is 10.7 Å². The summed E-state index contributed by atoms with van der Waals surface area (Å²) < 4.78 is 12.9. The van der Waals surface area contributed by atoms with Crippen molar-refractivity contribution in [2.24, 2.45) is 0 Å². The zero-order valence-corrected chi connectivity index (χ0v) is 11.6. The lowest BCUT2D eigenvalue weighted by molar-refractivity contribution is 0.102. The highest BCUT2D eigenvalue weighted by molar-refractivity contribution is 6.34. The molecule has 0 fully saturated rings. The summed E-state index contributed by atoms with van der Waals surface area (Å²) in [5.41, 5.74) is 7.31. The van der Waals surface area contributed by atoms with Crippen LogP contribution in [0.1, 0.15) is 29.5 Å². The van der Waals surface area contributed by atoms with Crippen molar-refractivity contribution in [1.82, 2.24) is 10.2 Å². The molecule has 0 aliphatic carbocycles. The number of nitrogens with one attached hydrogen (secondary N) is 2. The van der Waals surface area contributed by atoms with Gasteiger partial charge in [0.1, 0.15) is 5.82 Å². The average molecular weight is 297 g/mol. The fourth-order valence-electron chi connectivity index (χ4n) is 1.77. The number of carbonyl (C=O) groups excluding carboxylic acids is 1. The summed E-state index contributed by atoms with van der Waals surface area (Å²) in [7, 11) is 0. The van der Waals surface area contributed by atoms with E-state index in [1.165, 1.54) is 12.1 Å². The normalized spacial score (nSPS) is 10.6. The second-order valence-corrected chi connectivity index (χ2v) is 4.70. The Hall–Kier alpha value is -2.08. The van der Waals surface area contributed by atoms with E-state index in [2.05, 4.69) is 15.5 Å². The van der Waals surface area contributed by atoms with Gasteiger partial charge in [0.2, 0.25) is 0 Å². The number of halogens is 2. The molecule has 0 radical (unpaired) electrons. The lowest BCUT2D eigenvalue weighted by Gasteiger charge is -2.06. The molecule has 1 aromatic carbocycles. The van der Waals surface area contributed by atoms with Gasteiger partial charge in [-0.15, -0.1) is 0 Å². The minimum absolute atomic E-state index is 0.105. The van der Waals surface area contributed by atoms with Crippen LogP contribution in [0.25, 0.3) is 0 Å². The molecule has 4 N–H and O–H groups in total.